The van der Waals surface area contributed by atoms with Gasteiger partial charge in [-0.1, -0.05) is 19.9 Å². The number of likely N-dealkylation sites (tertiary alicyclic amines) is 1. The SMILES string of the molecule is CC.COc1ccc2c(c1)CCN(C)C2CN1C(=O)CC(P)C1=O. The van der Waals surface area contributed by atoms with Gasteiger partial charge in [0.2, 0.25) is 11.8 Å². The summed E-state index contributed by atoms with van der Waals surface area (Å²) in [6, 6.07) is 6.11. The molecule has 0 bridgehead atoms. The Kier molecular flexibility index (Phi) is 6.36. The number of hydrogen-bond acceptors (Lipinski definition) is 4. The predicted octanol–water partition coefficient (Wildman–Crippen LogP) is 2.25. The van der Waals surface area contributed by atoms with Crippen molar-refractivity contribution in [1.82, 2.24) is 9.80 Å². The number of fused-ring (bicyclic) bond motifs is 1. The second-order valence-electron chi connectivity index (χ2n) is 5.96. The van der Waals surface area contributed by atoms with Crippen LogP contribution in [0.25, 0.3) is 0 Å². The second kappa shape index (κ2) is 8.09. The molecule has 2 aliphatic rings. The van der Waals surface area contributed by atoms with E-state index in [1.807, 2.05) is 27.0 Å². The Bertz CT molecular complexity index is 620. The molecule has 2 heterocycles. The Morgan fingerprint density at radius 3 is 2.58 bits per heavy atom. The maximum atomic E-state index is 12.2. The number of carbonyl (C=O) groups is 2. The molecule has 0 N–H and O–H groups in total. The first-order valence-electron chi connectivity index (χ1n) is 8.48. The van der Waals surface area contributed by atoms with Crippen molar-refractivity contribution in [2.24, 2.45) is 0 Å². The summed E-state index contributed by atoms with van der Waals surface area (Å²) in [4.78, 5) is 27.8. The summed E-state index contributed by atoms with van der Waals surface area (Å²) >= 11 is 0. The molecule has 1 fully saturated rings. The largest absolute Gasteiger partial charge is 0.497 e. The number of rotatable bonds is 3. The first-order chi connectivity index (χ1) is 11.5. The highest BCUT2D eigenvalue weighted by atomic mass is 31.0. The summed E-state index contributed by atoms with van der Waals surface area (Å²) in [7, 11) is 6.17. The van der Waals surface area contributed by atoms with Crippen LogP contribution in [0.4, 0.5) is 0 Å². The molecule has 1 saturated heterocycles. The van der Waals surface area contributed by atoms with Gasteiger partial charge in [0.25, 0.3) is 0 Å². The quantitative estimate of drug-likeness (QED) is 0.620. The lowest BCUT2D eigenvalue weighted by Gasteiger charge is -2.36. The number of nitrogens with zero attached hydrogens (tertiary/aromatic N) is 2. The smallest absolute Gasteiger partial charge is 0.236 e. The minimum absolute atomic E-state index is 0.0536. The fourth-order valence-electron chi connectivity index (χ4n) is 3.25. The zero-order valence-corrected chi connectivity index (χ0v) is 16.1. The number of hydrogen-bond donors (Lipinski definition) is 0. The van der Waals surface area contributed by atoms with Gasteiger partial charge in [-0.25, -0.2) is 0 Å². The number of methoxy groups -OCH3 is 1. The van der Waals surface area contributed by atoms with Crippen molar-refractivity contribution in [2.75, 3.05) is 27.2 Å². The lowest BCUT2D eigenvalue weighted by Crippen LogP contribution is -2.42. The molecule has 0 aromatic heterocycles. The first kappa shape index (κ1) is 18.9. The van der Waals surface area contributed by atoms with Crippen LogP contribution < -0.4 is 4.74 Å². The summed E-state index contributed by atoms with van der Waals surface area (Å²) in [6.45, 7) is 5.34. The predicted molar refractivity (Wildman–Crippen MR) is 98.3 cm³/mol. The molecule has 0 radical (unpaired) electrons. The zero-order valence-electron chi connectivity index (χ0n) is 14.9. The molecule has 3 atom stereocenters. The maximum absolute atomic E-state index is 12.2. The van der Waals surface area contributed by atoms with Crippen LogP contribution in [0, 0.1) is 0 Å². The Morgan fingerprint density at radius 1 is 1.29 bits per heavy atom. The van der Waals surface area contributed by atoms with E-state index in [1.165, 1.54) is 16.0 Å². The van der Waals surface area contributed by atoms with E-state index in [2.05, 4.69) is 26.3 Å². The third-order valence-corrected chi connectivity index (χ3v) is 5.13. The summed E-state index contributed by atoms with van der Waals surface area (Å²) in [5, 5.41) is 0. The Balaban J connectivity index is 0.00000100. The van der Waals surface area contributed by atoms with E-state index in [4.69, 9.17) is 4.74 Å². The summed E-state index contributed by atoms with van der Waals surface area (Å²) in [6.07, 6.45) is 1.25. The van der Waals surface area contributed by atoms with Crippen molar-refractivity contribution in [1.29, 1.82) is 0 Å². The molecule has 6 heteroatoms. The summed E-state index contributed by atoms with van der Waals surface area (Å²) in [5.41, 5.74) is 2.16. The number of likely N-dealkylation sites (N-methyl/N-ethyl adjacent to an activating group) is 1. The van der Waals surface area contributed by atoms with Gasteiger partial charge >= 0.3 is 0 Å². The zero-order chi connectivity index (χ0) is 17.9. The molecule has 5 nitrogen and oxygen atoms in total. The third kappa shape index (κ3) is 3.62. The van der Waals surface area contributed by atoms with Gasteiger partial charge < -0.3 is 4.74 Å². The average molecular weight is 350 g/mol. The first-order valence-corrected chi connectivity index (χ1v) is 9.14. The van der Waals surface area contributed by atoms with Crippen molar-refractivity contribution < 1.29 is 14.3 Å². The summed E-state index contributed by atoms with van der Waals surface area (Å²) < 4.78 is 5.29. The molecule has 2 aliphatic heterocycles. The van der Waals surface area contributed by atoms with Gasteiger partial charge in [-0.15, -0.1) is 9.24 Å². The van der Waals surface area contributed by atoms with Crippen molar-refractivity contribution in [3.8, 4) is 5.75 Å². The van der Waals surface area contributed by atoms with E-state index in [-0.39, 0.29) is 23.5 Å². The Labute approximate surface area is 146 Å². The van der Waals surface area contributed by atoms with E-state index in [9.17, 15) is 9.59 Å². The van der Waals surface area contributed by atoms with Gasteiger partial charge in [0.1, 0.15) is 5.75 Å². The maximum Gasteiger partial charge on any atom is 0.236 e. The van der Waals surface area contributed by atoms with E-state index < -0.39 is 0 Å². The van der Waals surface area contributed by atoms with Crippen LogP contribution in [0.1, 0.15) is 37.4 Å². The van der Waals surface area contributed by atoms with E-state index >= 15 is 0 Å². The molecule has 0 saturated carbocycles. The fourth-order valence-corrected chi connectivity index (χ4v) is 3.63. The van der Waals surface area contributed by atoms with Crippen LogP contribution in [-0.4, -0.2) is 54.5 Å². The summed E-state index contributed by atoms with van der Waals surface area (Å²) in [5.74, 6) is 0.698. The molecule has 3 unspecified atom stereocenters. The lowest BCUT2D eigenvalue weighted by molar-refractivity contribution is -0.139. The Morgan fingerprint density at radius 2 is 2.00 bits per heavy atom. The monoisotopic (exact) mass is 350 g/mol. The van der Waals surface area contributed by atoms with Gasteiger partial charge in [-0.3, -0.25) is 19.4 Å². The van der Waals surface area contributed by atoms with Gasteiger partial charge in [0, 0.05) is 19.5 Å². The third-order valence-electron chi connectivity index (χ3n) is 4.61. The van der Waals surface area contributed by atoms with Crippen molar-refractivity contribution in [3.05, 3.63) is 29.3 Å². The molecule has 0 aliphatic carbocycles. The van der Waals surface area contributed by atoms with Crippen molar-refractivity contribution in [2.45, 2.75) is 38.4 Å². The highest BCUT2D eigenvalue weighted by Gasteiger charge is 2.38. The molecular weight excluding hydrogens is 323 g/mol. The van der Waals surface area contributed by atoms with Crippen LogP contribution in [0.15, 0.2) is 18.2 Å². The van der Waals surface area contributed by atoms with Crippen LogP contribution >= 0.6 is 9.24 Å². The highest BCUT2D eigenvalue weighted by molar-refractivity contribution is 7.19. The molecule has 3 rings (SSSR count). The number of carbonyl (C=O) groups excluding carboxylic acids is 2. The number of amides is 2. The van der Waals surface area contributed by atoms with Gasteiger partial charge in [-0.2, -0.15) is 0 Å². The van der Waals surface area contributed by atoms with E-state index in [0.717, 1.165) is 18.7 Å². The molecule has 1 aromatic rings. The topological polar surface area (TPSA) is 49.9 Å². The normalized spacial score (nSPS) is 23.6. The Hall–Kier alpha value is -1.45. The highest BCUT2D eigenvalue weighted by Crippen LogP contribution is 2.33. The van der Waals surface area contributed by atoms with Gasteiger partial charge in [0.05, 0.1) is 18.8 Å². The number of imide groups is 1. The molecular formula is C18H27N2O3P. The minimum atomic E-state index is -0.267. The lowest BCUT2D eigenvalue weighted by atomic mass is 9.92. The van der Waals surface area contributed by atoms with Crippen LogP contribution in [0.3, 0.4) is 0 Å². The van der Waals surface area contributed by atoms with Crippen LogP contribution in [-0.2, 0) is 16.0 Å². The van der Waals surface area contributed by atoms with E-state index in [1.54, 1.807) is 7.11 Å². The van der Waals surface area contributed by atoms with Crippen LogP contribution in [0.5, 0.6) is 5.75 Å². The second-order valence-corrected chi connectivity index (χ2v) is 6.77. The minimum Gasteiger partial charge on any atom is -0.497 e. The van der Waals surface area contributed by atoms with Crippen molar-refractivity contribution >= 4 is 21.1 Å². The molecule has 2 amide bonds. The van der Waals surface area contributed by atoms with Crippen LogP contribution in [0.2, 0.25) is 0 Å². The number of benzene rings is 1. The van der Waals surface area contributed by atoms with Gasteiger partial charge in [-0.05, 0) is 36.7 Å². The standard InChI is InChI=1S/C16H21N2O3P.C2H6/c1-17-6-5-10-7-11(21-2)3-4-12(10)13(17)9-18-15(19)8-14(22)16(18)20;1-2/h3-4,7,13-14H,5-6,8-9,22H2,1-2H3;1-2H3. The number of ether oxygens (including phenoxy) is 1. The molecule has 0 spiro atoms. The van der Waals surface area contributed by atoms with E-state index in [0.29, 0.717) is 13.0 Å². The van der Waals surface area contributed by atoms with Crippen molar-refractivity contribution in [3.63, 3.8) is 0 Å². The average Bonchev–Trinajstić information content (AvgIpc) is 2.84. The molecule has 132 valence electrons. The fraction of sp³-hybridized carbons (Fsp3) is 0.556. The van der Waals surface area contributed by atoms with Gasteiger partial charge in [0.15, 0.2) is 0 Å². The molecule has 24 heavy (non-hydrogen) atoms. The molecule has 1 aromatic carbocycles.